The molecule has 2 rings (SSSR count). The Labute approximate surface area is 85.1 Å². The molecule has 14 heavy (non-hydrogen) atoms. The third-order valence-electron chi connectivity index (χ3n) is 2.91. The molecule has 0 radical (unpaired) electrons. The second-order valence-corrected chi connectivity index (χ2v) is 4.34. The minimum Gasteiger partial charge on any atom is -0.496 e. The lowest BCUT2D eigenvalue weighted by Crippen LogP contribution is -2.24. The summed E-state index contributed by atoms with van der Waals surface area (Å²) >= 11 is 0. The van der Waals surface area contributed by atoms with Crippen molar-refractivity contribution in [3.8, 4) is 5.75 Å². The van der Waals surface area contributed by atoms with E-state index >= 15 is 0 Å². The van der Waals surface area contributed by atoms with Crippen LogP contribution < -0.4 is 10.5 Å². The highest BCUT2D eigenvalue weighted by molar-refractivity contribution is 5.37. The van der Waals surface area contributed by atoms with Crippen LogP contribution in [0.5, 0.6) is 5.75 Å². The van der Waals surface area contributed by atoms with Crippen LogP contribution in [0.1, 0.15) is 24.0 Å². The number of rotatable bonds is 3. The van der Waals surface area contributed by atoms with Crippen molar-refractivity contribution in [2.45, 2.75) is 31.7 Å². The summed E-state index contributed by atoms with van der Waals surface area (Å²) in [4.78, 5) is 0. The number of ether oxygens (including phenoxy) is 1. The van der Waals surface area contributed by atoms with Gasteiger partial charge in [-0.25, -0.2) is 0 Å². The summed E-state index contributed by atoms with van der Waals surface area (Å²) in [7, 11) is 1.70. The molecule has 2 N–H and O–H groups in total. The Morgan fingerprint density at radius 1 is 1.43 bits per heavy atom. The van der Waals surface area contributed by atoms with Crippen molar-refractivity contribution in [1.82, 2.24) is 0 Å². The highest BCUT2D eigenvalue weighted by atomic mass is 16.5. The summed E-state index contributed by atoms with van der Waals surface area (Å²) in [6.45, 7) is 2.07. The van der Waals surface area contributed by atoms with Crippen LogP contribution in [0.2, 0.25) is 0 Å². The molecule has 0 saturated heterocycles. The van der Waals surface area contributed by atoms with Gasteiger partial charge in [0.2, 0.25) is 0 Å². The Morgan fingerprint density at radius 3 is 2.64 bits per heavy atom. The second-order valence-electron chi connectivity index (χ2n) is 4.34. The molecular weight excluding hydrogens is 174 g/mol. The van der Waals surface area contributed by atoms with Gasteiger partial charge in [-0.2, -0.15) is 0 Å². The van der Waals surface area contributed by atoms with E-state index in [9.17, 15) is 0 Å². The molecule has 1 aromatic carbocycles. The van der Waals surface area contributed by atoms with Gasteiger partial charge < -0.3 is 10.5 Å². The molecule has 0 unspecified atom stereocenters. The number of methoxy groups -OCH3 is 1. The second kappa shape index (κ2) is 3.28. The molecule has 0 aliphatic heterocycles. The topological polar surface area (TPSA) is 35.2 Å². The van der Waals surface area contributed by atoms with Crippen molar-refractivity contribution < 1.29 is 4.74 Å². The van der Waals surface area contributed by atoms with Crippen molar-refractivity contribution in [2.75, 3.05) is 7.11 Å². The number of hydrogen-bond acceptors (Lipinski definition) is 2. The Hall–Kier alpha value is -1.02. The highest BCUT2D eigenvalue weighted by Gasteiger charge is 2.37. The summed E-state index contributed by atoms with van der Waals surface area (Å²) < 4.78 is 5.21. The lowest BCUT2D eigenvalue weighted by Gasteiger charge is -2.11. The summed E-state index contributed by atoms with van der Waals surface area (Å²) in [5.41, 5.74) is 8.68. The van der Waals surface area contributed by atoms with E-state index in [1.165, 1.54) is 11.1 Å². The molecule has 1 aromatic rings. The van der Waals surface area contributed by atoms with Gasteiger partial charge in [0.15, 0.2) is 0 Å². The van der Waals surface area contributed by atoms with Crippen molar-refractivity contribution in [3.05, 3.63) is 29.3 Å². The summed E-state index contributed by atoms with van der Waals surface area (Å²) in [5, 5.41) is 0. The normalized spacial score (nSPS) is 17.9. The Kier molecular flexibility index (Phi) is 2.23. The molecule has 0 spiro atoms. The van der Waals surface area contributed by atoms with Crippen LogP contribution in [0, 0.1) is 6.92 Å². The van der Waals surface area contributed by atoms with E-state index in [-0.39, 0.29) is 5.54 Å². The predicted octanol–water partition coefficient (Wildman–Crippen LogP) is 2.04. The van der Waals surface area contributed by atoms with Gasteiger partial charge in [0, 0.05) is 5.54 Å². The van der Waals surface area contributed by atoms with E-state index in [1.54, 1.807) is 7.11 Å². The van der Waals surface area contributed by atoms with Gasteiger partial charge in [-0.3, -0.25) is 0 Å². The van der Waals surface area contributed by atoms with Gasteiger partial charge in [0.1, 0.15) is 5.75 Å². The fourth-order valence-electron chi connectivity index (χ4n) is 1.79. The molecule has 1 aliphatic rings. The Balaban J connectivity index is 2.15. The molecule has 0 amide bonds. The van der Waals surface area contributed by atoms with E-state index in [0.717, 1.165) is 25.0 Å². The van der Waals surface area contributed by atoms with E-state index < -0.39 is 0 Å². The molecule has 0 aromatic heterocycles. The molecule has 1 aliphatic carbocycles. The van der Waals surface area contributed by atoms with Gasteiger partial charge in [-0.1, -0.05) is 12.1 Å². The number of nitrogens with two attached hydrogens (primary N) is 1. The molecule has 2 nitrogen and oxygen atoms in total. The average Bonchev–Trinajstić information content (AvgIpc) is 2.84. The quantitative estimate of drug-likeness (QED) is 0.793. The van der Waals surface area contributed by atoms with Gasteiger partial charge in [0.05, 0.1) is 7.11 Å². The fourth-order valence-corrected chi connectivity index (χ4v) is 1.79. The molecule has 76 valence electrons. The molecule has 0 heterocycles. The first kappa shape index (κ1) is 9.53. The van der Waals surface area contributed by atoms with E-state index in [1.807, 2.05) is 6.07 Å². The molecule has 2 heteroatoms. The van der Waals surface area contributed by atoms with Crippen molar-refractivity contribution >= 4 is 0 Å². The standard InChI is InChI=1S/C12H17NO/c1-9-7-10(3-4-11(9)14-2)8-12(13)5-6-12/h3-4,7H,5-6,8,13H2,1-2H3. The van der Waals surface area contributed by atoms with E-state index in [4.69, 9.17) is 10.5 Å². The molecule has 1 fully saturated rings. The maximum atomic E-state index is 6.07. The van der Waals surface area contributed by atoms with Gasteiger partial charge >= 0.3 is 0 Å². The molecular formula is C12H17NO. The smallest absolute Gasteiger partial charge is 0.121 e. The molecule has 1 saturated carbocycles. The Morgan fingerprint density at radius 2 is 2.14 bits per heavy atom. The number of hydrogen-bond donors (Lipinski definition) is 1. The third kappa shape index (κ3) is 1.90. The first-order valence-corrected chi connectivity index (χ1v) is 5.05. The number of benzene rings is 1. The van der Waals surface area contributed by atoms with Gasteiger partial charge in [-0.05, 0) is 43.4 Å². The van der Waals surface area contributed by atoms with Crippen LogP contribution in [0.15, 0.2) is 18.2 Å². The van der Waals surface area contributed by atoms with Gasteiger partial charge in [0.25, 0.3) is 0 Å². The first-order valence-electron chi connectivity index (χ1n) is 5.05. The van der Waals surface area contributed by atoms with Crippen LogP contribution in [-0.2, 0) is 6.42 Å². The zero-order valence-electron chi connectivity index (χ0n) is 8.84. The van der Waals surface area contributed by atoms with Crippen molar-refractivity contribution in [3.63, 3.8) is 0 Å². The minimum atomic E-state index is 0.0982. The maximum Gasteiger partial charge on any atom is 0.121 e. The lowest BCUT2D eigenvalue weighted by molar-refractivity contribution is 0.411. The SMILES string of the molecule is COc1ccc(CC2(N)CC2)cc1C. The van der Waals surface area contributed by atoms with Crippen LogP contribution in [0.25, 0.3) is 0 Å². The summed E-state index contributed by atoms with van der Waals surface area (Å²) in [6, 6.07) is 6.31. The maximum absolute atomic E-state index is 6.07. The monoisotopic (exact) mass is 191 g/mol. The van der Waals surface area contributed by atoms with Gasteiger partial charge in [-0.15, -0.1) is 0 Å². The van der Waals surface area contributed by atoms with Crippen LogP contribution in [0.4, 0.5) is 0 Å². The average molecular weight is 191 g/mol. The number of aryl methyl sites for hydroxylation is 1. The van der Waals surface area contributed by atoms with Crippen LogP contribution in [-0.4, -0.2) is 12.6 Å². The predicted molar refractivity (Wildman–Crippen MR) is 57.6 cm³/mol. The van der Waals surface area contributed by atoms with E-state index in [2.05, 4.69) is 19.1 Å². The van der Waals surface area contributed by atoms with Crippen LogP contribution >= 0.6 is 0 Å². The van der Waals surface area contributed by atoms with E-state index in [0.29, 0.717) is 0 Å². The van der Waals surface area contributed by atoms with Crippen LogP contribution in [0.3, 0.4) is 0 Å². The summed E-state index contributed by atoms with van der Waals surface area (Å²) in [5.74, 6) is 0.954. The third-order valence-corrected chi connectivity index (χ3v) is 2.91. The molecule has 0 bridgehead atoms. The fraction of sp³-hybridized carbons (Fsp3) is 0.500. The Bertz CT molecular complexity index is 342. The minimum absolute atomic E-state index is 0.0982. The lowest BCUT2D eigenvalue weighted by atomic mass is 10.0. The van der Waals surface area contributed by atoms with Crippen molar-refractivity contribution in [2.24, 2.45) is 5.73 Å². The largest absolute Gasteiger partial charge is 0.496 e. The zero-order chi connectivity index (χ0) is 10.2. The first-order chi connectivity index (χ1) is 6.63. The van der Waals surface area contributed by atoms with Crippen molar-refractivity contribution in [1.29, 1.82) is 0 Å². The molecule has 0 atom stereocenters. The highest BCUT2D eigenvalue weighted by Crippen LogP contribution is 2.36. The zero-order valence-corrected chi connectivity index (χ0v) is 8.84. The summed E-state index contributed by atoms with van der Waals surface area (Å²) in [6.07, 6.45) is 3.33.